The van der Waals surface area contributed by atoms with Crippen LogP contribution in [0, 0.1) is 6.92 Å². The molecule has 2 aromatic carbocycles. The number of imidazole rings is 1. The molecule has 3 heteroatoms. The van der Waals surface area contributed by atoms with Crippen molar-refractivity contribution < 1.29 is 0 Å². The summed E-state index contributed by atoms with van der Waals surface area (Å²) in [4.78, 5) is 4.80. The van der Waals surface area contributed by atoms with Crippen molar-refractivity contribution in [3.05, 3.63) is 48.0 Å². The molecule has 1 aromatic heterocycles. The fourth-order valence-electron chi connectivity index (χ4n) is 2.59. The molecule has 3 nitrogen and oxygen atoms in total. The summed E-state index contributed by atoms with van der Waals surface area (Å²) >= 11 is 0. The van der Waals surface area contributed by atoms with Gasteiger partial charge >= 0.3 is 0 Å². The Balaban J connectivity index is 2.29. The molecule has 0 amide bonds. The highest BCUT2D eigenvalue weighted by molar-refractivity contribution is 5.81. The maximum Gasteiger partial charge on any atom is 0.141 e. The van der Waals surface area contributed by atoms with Crippen molar-refractivity contribution in [2.45, 2.75) is 26.8 Å². The number of nitrogens with two attached hydrogens (primary N) is 1. The lowest BCUT2D eigenvalue weighted by molar-refractivity contribution is 0.624. The number of rotatable bonds is 2. The lowest BCUT2D eigenvalue weighted by atomic mass is 10.1. The summed E-state index contributed by atoms with van der Waals surface area (Å²) in [6.45, 7) is 6.39. The fourth-order valence-corrected chi connectivity index (χ4v) is 2.59. The van der Waals surface area contributed by atoms with Gasteiger partial charge < -0.3 is 10.3 Å². The van der Waals surface area contributed by atoms with E-state index in [4.69, 9.17) is 10.7 Å². The van der Waals surface area contributed by atoms with Gasteiger partial charge in [-0.15, -0.1) is 0 Å². The van der Waals surface area contributed by atoms with Crippen LogP contribution >= 0.6 is 0 Å². The lowest BCUT2D eigenvalue weighted by Crippen LogP contribution is -2.03. The van der Waals surface area contributed by atoms with E-state index in [-0.39, 0.29) is 0 Å². The maximum absolute atomic E-state index is 5.91. The molecule has 2 N–H and O–H groups in total. The van der Waals surface area contributed by atoms with Crippen LogP contribution in [-0.4, -0.2) is 9.55 Å². The van der Waals surface area contributed by atoms with E-state index in [0.29, 0.717) is 6.04 Å². The van der Waals surface area contributed by atoms with Crippen LogP contribution in [0.3, 0.4) is 0 Å². The minimum absolute atomic E-state index is 0.357. The van der Waals surface area contributed by atoms with Gasteiger partial charge in [-0.3, -0.25) is 0 Å². The summed E-state index contributed by atoms with van der Waals surface area (Å²) in [5, 5.41) is 0. The highest BCUT2D eigenvalue weighted by atomic mass is 15.1. The highest BCUT2D eigenvalue weighted by Gasteiger charge is 2.14. The first kappa shape index (κ1) is 12.7. The Bertz CT molecular complexity index is 769. The smallest absolute Gasteiger partial charge is 0.141 e. The van der Waals surface area contributed by atoms with Crippen LogP contribution in [-0.2, 0) is 0 Å². The van der Waals surface area contributed by atoms with E-state index in [2.05, 4.69) is 42.7 Å². The van der Waals surface area contributed by atoms with Crippen molar-refractivity contribution in [2.75, 3.05) is 5.73 Å². The fraction of sp³-hybridized carbons (Fsp3) is 0.235. The van der Waals surface area contributed by atoms with Gasteiger partial charge in [0.05, 0.1) is 11.0 Å². The average molecular weight is 265 g/mol. The zero-order valence-electron chi connectivity index (χ0n) is 12.1. The normalized spacial score (nSPS) is 11.4. The SMILES string of the molecule is Cc1cc(-c2nc3ccccc3n2C(C)C)ccc1N. The number of benzene rings is 2. The van der Waals surface area contributed by atoms with E-state index in [9.17, 15) is 0 Å². The number of anilines is 1. The first-order chi connectivity index (χ1) is 9.58. The van der Waals surface area contributed by atoms with E-state index < -0.39 is 0 Å². The maximum atomic E-state index is 5.91. The third-order valence-corrected chi connectivity index (χ3v) is 3.64. The Morgan fingerprint density at radius 2 is 1.85 bits per heavy atom. The predicted molar refractivity (Wildman–Crippen MR) is 84.7 cm³/mol. The molecule has 0 unspecified atom stereocenters. The number of aryl methyl sites for hydroxylation is 1. The first-order valence-electron chi connectivity index (χ1n) is 6.91. The number of nitrogens with zero attached hydrogens (tertiary/aromatic N) is 2. The van der Waals surface area contributed by atoms with Crippen molar-refractivity contribution >= 4 is 16.7 Å². The van der Waals surface area contributed by atoms with Crippen molar-refractivity contribution in [1.29, 1.82) is 0 Å². The largest absolute Gasteiger partial charge is 0.399 e. The second-order valence-electron chi connectivity index (χ2n) is 5.46. The molecular formula is C17H19N3. The number of nitrogen functional groups attached to an aromatic ring is 1. The highest BCUT2D eigenvalue weighted by Crippen LogP contribution is 2.29. The van der Waals surface area contributed by atoms with Crippen LogP contribution in [0.5, 0.6) is 0 Å². The topological polar surface area (TPSA) is 43.8 Å². The van der Waals surface area contributed by atoms with Crippen molar-refractivity contribution in [3.63, 3.8) is 0 Å². The molecule has 102 valence electrons. The molecule has 0 fully saturated rings. The lowest BCUT2D eigenvalue weighted by Gasteiger charge is -2.13. The molecule has 0 spiro atoms. The van der Waals surface area contributed by atoms with Gasteiger partial charge in [0.1, 0.15) is 5.82 Å². The van der Waals surface area contributed by atoms with Gasteiger partial charge in [0.2, 0.25) is 0 Å². The van der Waals surface area contributed by atoms with Gasteiger partial charge in [-0.1, -0.05) is 12.1 Å². The quantitative estimate of drug-likeness (QED) is 0.706. The Labute approximate surface area is 119 Å². The number of hydrogen-bond acceptors (Lipinski definition) is 2. The Morgan fingerprint density at radius 1 is 1.10 bits per heavy atom. The molecule has 0 aliphatic heterocycles. The van der Waals surface area contributed by atoms with Gasteiger partial charge in [-0.25, -0.2) is 4.98 Å². The second-order valence-corrected chi connectivity index (χ2v) is 5.46. The van der Waals surface area contributed by atoms with E-state index in [1.54, 1.807) is 0 Å². The number of aromatic nitrogens is 2. The van der Waals surface area contributed by atoms with Crippen molar-refractivity contribution in [2.24, 2.45) is 0 Å². The van der Waals surface area contributed by atoms with Crippen LogP contribution < -0.4 is 5.73 Å². The standard InChI is InChI=1S/C17H19N3/c1-11(2)20-16-7-5-4-6-15(16)19-17(20)13-8-9-14(18)12(3)10-13/h4-11H,18H2,1-3H3. The summed E-state index contributed by atoms with van der Waals surface area (Å²) in [6, 6.07) is 14.7. The molecule has 0 bridgehead atoms. The monoisotopic (exact) mass is 265 g/mol. The molecule has 0 aliphatic rings. The number of para-hydroxylation sites is 2. The Hall–Kier alpha value is -2.29. The summed E-state index contributed by atoms with van der Waals surface area (Å²) in [6.07, 6.45) is 0. The van der Waals surface area contributed by atoms with Crippen LogP contribution in [0.25, 0.3) is 22.4 Å². The average Bonchev–Trinajstić information content (AvgIpc) is 2.81. The van der Waals surface area contributed by atoms with E-state index in [1.165, 1.54) is 5.52 Å². The van der Waals surface area contributed by atoms with Gasteiger partial charge in [-0.2, -0.15) is 0 Å². The van der Waals surface area contributed by atoms with E-state index in [1.807, 2.05) is 25.1 Å². The summed E-state index contributed by atoms with van der Waals surface area (Å²) in [5.41, 5.74) is 11.1. The van der Waals surface area contributed by atoms with Gasteiger partial charge in [0, 0.05) is 17.3 Å². The molecule has 0 aliphatic carbocycles. The molecule has 1 heterocycles. The molecule has 3 aromatic rings. The zero-order chi connectivity index (χ0) is 14.3. The molecular weight excluding hydrogens is 246 g/mol. The Morgan fingerprint density at radius 3 is 2.55 bits per heavy atom. The predicted octanol–water partition coefficient (Wildman–Crippen LogP) is 4.17. The van der Waals surface area contributed by atoms with Crippen LogP contribution in [0.4, 0.5) is 5.69 Å². The third kappa shape index (κ3) is 1.95. The van der Waals surface area contributed by atoms with Crippen LogP contribution in [0.1, 0.15) is 25.5 Å². The zero-order valence-corrected chi connectivity index (χ0v) is 12.1. The summed E-state index contributed by atoms with van der Waals surface area (Å²) < 4.78 is 2.28. The molecule has 0 saturated heterocycles. The molecule has 3 rings (SSSR count). The van der Waals surface area contributed by atoms with Gasteiger partial charge in [0.25, 0.3) is 0 Å². The van der Waals surface area contributed by atoms with Crippen LogP contribution in [0.15, 0.2) is 42.5 Å². The molecule has 0 saturated carbocycles. The Kier molecular flexibility index (Phi) is 2.97. The van der Waals surface area contributed by atoms with E-state index >= 15 is 0 Å². The van der Waals surface area contributed by atoms with E-state index in [0.717, 1.165) is 28.2 Å². The minimum atomic E-state index is 0.357. The molecule has 0 radical (unpaired) electrons. The number of hydrogen-bond donors (Lipinski definition) is 1. The van der Waals surface area contributed by atoms with Crippen molar-refractivity contribution in [3.8, 4) is 11.4 Å². The molecule has 20 heavy (non-hydrogen) atoms. The van der Waals surface area contributed by atoms with Crippen LogP contribution in [0.2, 0.25) is 0 Å². The number of fused-ring (bicyclic) bond motifs is 1. The third-order valence-electron chi connectivity index (χ3n) is 3.64. The molecule has 0 atom stereocenters. The second kappa shape index (κ2) is 4.67. The summed E-state index contributed by atoms with van der Waals surface area (Å²) in [7, 11) is 0. The van der Waals surface area contributed by atoms with Crippen molar-refractivity contribution in [1.82, 2.24) is 9.55 Å². The minimum Gasteiger partial charge on any atom is -0.399 e. The first-order valence-corrected chi connectivity index (χ1v) is 6.91. The van der Waals surface area contributed by atoms with Gasteiger partial charge in [-0.05, 0) is 56.7 Å². The summed E-state index contributed by atoms with van der Waals surface area (Å²) in [5.74, 6) is 1.00. The van der Waals surface area contributed by atoms with Gasteiger partial charge in [0.15, 0.2) is 0 Å².